The topological polar surface area (TPSA) is 98.6 Å². The van der Waals surface area contributed by atoms with Crippen molar-refractivity contribution in [2.75, 3.05) is 80.4 Å². The van der Waals surface area contributed by atoms with E-state index in [1.807, 2.05) is 12.3 Å². The fourth-order valence-corrected chi connectivity index (χ4v) is 4.16. The molecule has 2 aliphatic heterocycles. The van der Waals surface area contributed by atoms with Crippen LogP contribution in [0.4, 0.5) is 29.0 Å². The zero-order valence-electron chi connectivity index (χ0n) is 18.4. The molecule has 0 spiro atoms. The molecule has 32 heavy (non-hydrogen) atoms. The lowest BCUT2D eigenvalue weighted by Crippen LogP contribution is -2.44. The van der Waals surface area contributed by atoms with E-state index < -0.39 is 0 Å². The molecule has 0 bridgehead atoms. The van der Waals surface area contributed by atoms with Gasteiger partial charge in [-0.05, 0) is 43.4 Å². The van der Waals surface area contributed by atoms with Gasteiger partial charge < -0.3 is 35.5 Å². The molecule has 1 aromatic carbocycles. The number of rotatable bonds is 5. The molecule has 0 aliphatic carbocycles. The van der Waals surface area contributed by atoms with Crippen LogP contribution in [-0.2, 0) is 4.74 Å². The molecule has 4 heterocycles. The Kier molecular flexibility index (Phi) is 5.83. The standard InChI is InChI=1S/C23H30N8O/c1-29-8-10-31(11-9-29)20-16-17(6-7-25-20)21-22(24)28-23(27-21)26-18-2-4-19(5-3-18)30-12-14-32-15-13-30/h2-7,16H,8-15,24H2,1H3,(H2,26,27,28). The molecule has 9 heteroatoms. The second kappa shape index (κ2) is 9.05. The van der Waals surface area contributed by atoms with Gasteiger partial charge in [-0.2, -0.15) is 4.98 Å². The molecule has 168 valence electrons. The number of aromatic nitrogens is 3. The highest BCUT2D eigenvalue weighted by atomic mass is 16.5. The molecule has 2 saturated heterocycles. The highest BCUT2D eigenvalue weighted by molar-refractivity contribution is 5.75. The first-order chi connectivity index (χ1) is 15.7. The van der Waals surface area contributed by atoms with Crippen LogP contribution >= 0.6 is 0 Å². The fraction of sp³-hybridized carbons (Fsp3) is 0.391. The van der Waals surface area contributed by atoms with E-state index in [0.717, 1.165) is 75.2 Å². The van der Waals surface area contributed by atoms with Gasteiger partial charge in [0.1, 0.15) is 5.82 Å². The third-order valence-corrected chi connectivity index (χ3v) is 6.10. The van der Waals surface area contributed by atoms with Gasteiger partial charge in [-0.1, -0.05) is 0 Å². The largest absolute Gasteiger partial charge is 0.382 e. The summed E-state index contributed by atoms with van der Waals surface area (Å²) in [6.07, 6.45) is 1.83. The van der Waals surface area contributed by atoms with Gasteiger partial charge in [-0.15, -0.1) is 0 Å². The summed E-state index contributed by atoms with van der Waals surface area (Å²) < 4.78 is 5.43. The number of hydrogen-bond acceptors (Lipinski definition) is 8. The van der Waals surface area contributed by atoms with E-state index in [0.29, 0.717) is 11.8 Å². The average molecular weight is 435 g/mol. The molecular weight excluding hydrogens is 404 g/mol. The highest BCUT2D eigenvalue weighted by Gasteiger charge is 2.17. The maximum absolute atomic E-state index is 6.25. The summed E-state index contributed by atoms with van der Waals surface area (Å²) in [5.41, 5.74) is 10.2. The second-order valence-corrected chi connectivity index (χ2v) is 8.31. The summed E-state index contributed by atoms with van der Waals surface area (Å²) in [6.45, 7) is 7.42. The Morgan fingerprint density at radius 2 is 1.72 bits per heavy atom. The Hall–Kier alpha value is -3.30. The quantitative estimate of drug-likeness (QED) is 0.563. The number of imidazole rings is 1. The number of nitrogen functional groups attached to an aromatic ring is 1. The van der Waals surface area contributed by atoms with Gasteiger partial charge in [0.25, 0.3) is 0 Å². The Balaban J connectivity index is 1.29. The van der Waals surface area contributed by atoms with Crippen molar-refractivity contribution < 1.29 is 4.74 Å². The Morgan fingerprint density at radius 3 is 2.47 bits per heavy atom. The summed E-state index contributed by atoms with van der Waals surface area (Å²) in [6, 6.07) is 12.4. The number of nitrogens with two attached hydrogens (primary N) is 1. The first-order valence-corrected chi connectivity index (χ1v) is 11.1. The van der Waals surface area contributed by atoms with Crippen molar-refractivity contribution in [1.82, 2.24) is 19.9 Å². The molecule has 0 amide bonds. The van der Waals surface area contributed by atoms with Crippen molar-refractivity contribution in [2.24, 2.45) is 0 Å². The van der Waals surface area contributed by atoms with Crippen LogP contribution in [0.2, 0.25) is 0 Å². The van der Waals surface area contributed by atoms with E-state index >= 15 is 0 Å². The van der Waals surface area contributed by atoms with Crippen LogP contribution in [0.25, 0.3) is 11.3 Å². The van der Waals surface area contributed by atoms with Gasteiger partial charge in [0, 0.05) is 62.4 Å². The van der Waals surface area contributed by atoms with Crippen molar-refractivity contribution in [2.45, 2.75) is 0 Å². The van der Waals surface area contributed by atoms with Crippen molar-refractivity contribution >= 4 is 29.0 Å². The number of anilines is 5. The van der Waals surface area contributed by atoms with Crippen LogP contribution in [0.15, 0.2) is 42.6 Å². The van der Waals surface area contributed by atoms with Crippen LogP contribution in [0.1, 0.15) is 0 Å². The number of aromatic amines is 1. The average Bonchev–Trinajstić information content (AvgIpc) is 3.20. The van der Waals surface area contributed by atoms with Crippen LogP contribution in [-0.4, -0.2) is 79.4 Å². The maximum atomic E-state index is 6.25. The number of piperazine rings is 1. The van der Waals surface area contributed by atoms with Crippen LogP contribution < -0.4 is 20.9 Å². The van der Waals surface area contributed by atoms with Gasteiger partial charge in [0.05, 0.1) is 18.9 Å². The molecule has 0 saturated carbocycles. The van der Waals surface area contributed by atoms with E-state index in [1.54, 1.807) is 0 Å². The number of hydrogen-bond donors (Lipinski definition) is 3. The summed E-state index contributed by atoms with van der Waals surface area (Å²) in [4.78, 5) is 19.4. The minimum absolute atomic E-state index is 0.466. The molecule has 2 aliphatic rings. The number of likely N-dealkylation sites (N-methyl/N-ethyl adjacent to an activating group) is 1. The van der Waals surface area contributed by atoms with Gasteiger partial charge in [-0.3, -0.25) is 0 Å². The summed E-state index contributed by atoms with van der Waals surface area (Å²) in [5, 5.41) is 3.33. The molecule has 0 unspecified atom stereocenters. The number of pyridine rings is 1. The zero-order valence-corrected chi connectivity index (χ0v) is 18.4. The predicted octanol–water partition coefficient (Wildman–Crippen LogP) is 2.39. The Labute approximate surface area is 188 Å². The monoisotopic (exact) mass is 434 g/mol. The number of nitrogens with zero attached hydrogens (tertiary/aromatic N) is 5. The van der Waals surface area contributed by atoms with Crippen LogP contribution in [0.5, 0.6) is 0 Å². The molecule has 5 rings (SSSR count). The van der Waals surface area contributed by atoms with Gasteiger partial charge in [0.15, 0.2) is 5.82 Å². The summed E-state index contributed by atoms with van der Waals surface area (Å²) in [7, 11) is 2.15. The van der Waals surface area contributed by atoms with Crippen molar-refractivity contribution in [3.05, 3.63) is 42.6 Å². The molecule has 2 fully saturated rings. The van der Waals surface area contributed by atoms with Gasteiger partial charge in [0.2, 0.25) is 5.95 Å². The number of H-pyrrole nitrogens is 1. The van der Waals surface area contributed by atoms with Gasteiger partial charge >= 0.3 is 0 Å². The van der Waals surface area contributed by atoms with Gasteiger partial charge in [-0.25, -0.2) is 4.98 Å². The number of ether oxygens (including phenoxy) is 1. The molecule has 0 atom stereocenters. The third-order valence-electron chi connectivity index (χ3n) is 6.10. The first kappa shape index (κ1) is 20.6. The lowest BCUT2D eigenvalue weighted by molar-refractivity contribution is 0.122. The zero-order chi connectivity index (χ0) is 21.9. The van der Waals surface area contributed by atoms with E-state index in [1.165, 1.54) is 5.69 Å². The Morgan fingerprint density at radius 1 is 0.969 bits per heavy atom. The minimum atomic E-state index is 0.466. The van der Waals surface area contributed by atoms with Crippen molar-refractivity contribution in [3.8, 4) is 11.3 Å². The third kappa shape index (κ3) is 4.49. The fourth-order valence-electron chi connectivity index (χ4n) is 4.16. The number of morpholine rings is 1. The van der Waals surface area contributed by atoms with Crippen molar-refractivity contribution in [3.63, 3.8) is 0 Å². The second-order valence-electron chi connectivity index (χ2n) is 8.31. The van der Waals surface area contributed by atoms with E-state index in [9.17, 15) is 0 Å². The molecule has 2 aromatic heterocycles. The summed E-state index contributed by atoms with van der Waals surface area (Å²) >= 11 is 0. The Bertz CT molecular complexity index is 1040. The molecule has 3 aromatic rings. The smallest absolute Gasteiger partial charge is 0.207 e. The SMILES string of the molecule is CN1CCN(c2cc(-c3[nH]c(Nc4ccc(N5CCOCC5)cc4)nc3N)ccn2)CC1. The molecule has 0 radical (unpaired) electrons. The molecular formula is C23H30N8O. The lowest BCUT2D eigenvalue weighted by Gasteiger charge is -2.33. The number of benzene rings is 1. The lowest BCUT2D eigenvalue weighted by atomic mass is 10.2. The van der Waals surface area contributed by atoms with Crippen LogP contribution in [0, 0.1) is 0 Å². The summed E-state index contributed by atoms with van der Waals surface area (Å²) in [5.74, 6) is 2.06. The van der Waals surface area contributed by atoms with E-state index in [-0.39, 0.29) is 0 Å². The molecule has 4 N–H and O–H groups in total. The van der Waals surface area contributed by atoms with Crippen molar-refractivity contribution in [1.29, 1.82) is 0 Å². The van der Waals surface area contributed by atoms with Crippen LogP contribution in [0.3, 0.4) is 0 Å². The van der Waals surface area contributed by atoms with E-state index in [2.05, 4.69) is 72.3 Å². The van der Waals surface area contributed by atoms with E-state index in [4.69, 9.17) is 10.5 Å². The predicted molar refractivity (Wildman–Crippen MR) is 129 cm³/mol. The number of nitrogens with one attached hydrogen (secondary N) is 2. The molecule has 9 nitrogen and oxygen atoms in total. The minimum Gasteiger partial charge on any atom is -0.382 e. The maximum Gasteiger partial charge on any atom is 0.207 e. The normalized spacial score (nSPS) is 17.5. The first-order valence-electron chi connectivity index (χ1n) is 11.1. The highest BCUT2D eigenvalue weighted by Crippen LogP contribution is 2.29.